The Labute approximate surface area is 156 Å². The van der Waals surface area contributed by atoms with Crippen LogP contribution >= 0.6 is 0 Å². The molecule has 2 aliphatic rings. The molecule has 2 N–H and O–H groups in total. The van der Waals surface area contributed by atoms with E-state index in [1.807, 2.05) is 13.1 Å². The standard InChI is InChI=1S/C19H24N4O4/c1-3-23-11-15-17(21-23)14(24)10-19(27-15)6-8-22(9-7-19)18(26)13-4-5-16(25)20-12(13)2/h4-5,11,14,24H,3,6-10H2,1-2H3,(H,20,25). The third-order valence-corrected chi connectivity index (χ3v) is 5.59. The summed E-state index contributed by atoms with van der Waals surface area (Å²) in [6, 6.07) is 2.95. The lowest BCUT2D eigenvalue weighted by Crippen LogP contribution is -2.51. The van der Waals surface area contributed by atoms with E-state index in [-0.39, 0.29) is 11.5 Å². The molecule has 1 amide bonds. The topological polar surface area (TPSA) is 100 Å². The third kappa shape index (κ3) is 3.14. The van der Waals surface area contributed by atoms with Gasteiger partial charge in [0.05, 0.1) is 11.8 Å². The van der Waals surface area contributed by atoms with Crippen molar-refractivity contribution in [1.82, 2.24) is 19.7 Å². The molecule has 8 heteroatoms. The number of nitrogens with one attached hydrogen (secondary N) is 1. The Bertz CT molecular complexity index is 924. The zero-order valence-corrected chi connectivity index (χ0v) is 15.6. The Balaban J connectivity index is 1.48. The summed E-state index contributed by atoms with van der Waals surface area (Å²) in [4.78, 5) is 28.6. The minimum Gasteiger partial charge on any atom is -0.483 e. The number of aliphatic hydroxyl groups excluding tert-OH is 1. The van der Waals surface area contributed by atoms with Gasteiger partial charge in [-0.15, -0.1) is 0 Å². The van der Waals surface area contributed by atoms with E-state index in [1.165, 1.54) is 6.07 Å². The molecule has 1 spiro atoms. The number of aromatic amines is 1. The average molecular weight is 372 g/mol. The summed E-state index contributed by atoms with van der Waals surface area (Å²) in [6.07, 6.45) is 2.97. The predicted molar refractivity (Wildman–Crippen MR) is 97.8 cm³/mol. The Hall–Kier alpha value is -2.61. The molecule has 4 rings (SSSR count). The Kier molecular flexibility index (Phi) is 4.30. The van der Waals surface area contributed by atoms with Crippen molar-refractivity contribution < 1.29 is 14.6 Å². The van der Waals surface area contributed by atoms with Crippen LogP contribution < -0.4 is 10.3 Å². The molecule has 27 heavy (non-hydrogen) atoms. The normalized spacial score (nSPS) is 21.0. The van der Waals surface area contributed by atoms with E-state index < -0.39 is 11.7 Å². The van der Waals surface area contributed by atoms with Gasteiger partial charge < -0.3 is 19.7 Å². The van der Waals surface area contributed by atoms with Gasteiger partial charge in [0.2, 0.25) is 5.56 Å². The molecule has 2 aromatic rings. The van der Waals surface area contributed by atoms with Crippen molar-refractivity contribution in [3.8, 4) is 5.75 Å². The number of amides is 1. The van der Waals surface area contributed by atoms with Gasteiger partial charge >= 0.3 is 0 Å². The largest absolute Gasteiger partial charge is 0.483 e. The maximum atomic E-state index is 12.8. The summed E-state index contributed by atoms with van der Waals surface area (Å²) in [5.41, 5.74) is 1.01. The van der Waals surface area contributed by atoms with E-state index in [9.17, 15) is 14.7 Å². The van der Waals surface area contributed by atoms with Crippen molar-refractivity contribution >= 4 is 5.91 Å². The first-order valence-electron chi connectivity index (χ1n) is 9.34. The maximum absolute atomic E-state index is 12.8. The first-order chi connectivity index (χ1) is 12.9. The number of carbonyl (C=O) groups excluding carboxylic acids is 1. The molecule has 2 aliphatic heterocycles. The van der Waals surface area contributed by atoms with E-state index >= 15 is 0 Å². The highest BCUT2D eigenvalue weighted by Crippen LogP contribution is 2.43. The Morgan fingerprint density at radius 2 is 2.15 bits per heavy atom. The van der Waals surface area contributed by atoms with E-state index in [4.69, 9.17) is 4.74 Å². The number of aryl methyl sites for hydroxylation is 2. The number of ether oxygens (including phenoxy) is 1. The lowest BCUT2D eigenvalue weighted by atomic mass is 9.83. The van der Waals surface area contributed by atoms with Crippen molar-refractivity contribution in [1.29, 1.82) is 0 Å². The number of piperidine rings is 1. The molecule has 1 saturated heterocycles. The molecule has 0 aliphatic carbocycles. The van der Waals surface area contributed by atoms with Gasteiger partial charge in [0.1, 0.15) is 17.4 Å². The van der Waals surface area contributed by atoms with Crippen molar-refractivity contribution in [3.05, 3.63) is 45.6 Å². The molecule has 144 valence electrons. The minimum absolute atomic E-state index is 0.0885. The second-order valence-electron chi connectivity index (χ2n) is 7.39. The smallest absolute Gasteiger partial charge is 0.255 e. The first-order valence-corrected chi connectivity index (χ1v) is 9.34. The number of rotatable bonds is 2. The Morgan fingerprint density at radius 1 is 1.41 bits per heavy atom. The second kappa shape index (κ2) is 6.53. The fourth-order valence-corrected chi connectivity index (χ4v) is 4.02. The van der Waals surface area contributed by atoms with Gasteiger partial charge in [-0.2, -0.15) is 5.10 Å². The quantitative estimate of drug-likeness (QED) is 0.830. The summed E-state index contributed by atoms with van der Waals surface area (Å²) < 4.78 is 8.03. The van der Waals surface area contributed by atoms with E-state index in [1.54, 1.807) is 22.6 Å². The van der Waals surface area contributed by atoms with Gasteiger partial charge in [-0.05, 0) is 19.9 Å². The number of pyridine rings is 1. The van der Waals surface area contributed by atoms with Crippen LogP contribution in [-0.2, 0) is 6.54 Å². The van der Waals surface area contributed by atoms with E-state index in [2.05, 4.69) is 10.1 Å². The fraction of sp³-hybridized carbons (Fsp3) is 0.526. The van der Waals surface area contributed by atoms with Crippen LogP contribution in [0.2, 0.25) is 0 Å². The molecule has 0 radical (unpaired) electrons. The van der Waals surface area contributed by atoms with Crippen molar-refractivity contribution in [2.45, 2.75) is 51.4 Å². The molecule has 1 atom stereocenters. The van der Waals surface area contributed by atoms with Crippen LogP contribution in [0.3, 0.4) is 0 Å². The molecule has 4 heterocycles. The molecule has 0 aromatic carbocycles. The summed E-state index contributed by atoms with van der Waals surface area (Å²) in [6.45, 7) is 5.52. The van der Waals surface area contributed by atoms with E-state index in [0.29, 0.717) is 55.1 Å². The molecule has 0 saturated carbocycles. The molecule has 8 nitrogen and oxygen atoms in total. The van der Waals surface area contributed by atoms with Crippen LogP contribution in [0.15, 0.2) is 23.1 Å². The van der Waals surface area contributed by atoms with Gasteiger partial charge in [-0.3, -0.25) is 14.3 Å². The molecular formula is C19H24N4O4. The second-order valence-corrected chi connectivity index (χ2v) is 7.39. The average Bonchev–Trinajstić information content (AvgIpc) is 3.05. The number of aromatic nitrogens is 3. The third-order valence-electron chi connectivity index (χ3n) is 5.59. The number of carbonyl (C=O) groups is 1. The van der Waals surface area contributed by atoms with Crippen molar-refractivity contribution in [2.24, 2.45) is 0 Å². The predicted octanol–water partition coefficient (Wildman–Crippen LogP) is 1.39. The van der Waals surface area contributed by atoms with Crippen LogP contribution in [0.25, 0.3) is 0 Å². The number of nitrogens with zero attached hydrogens (tertiary/aromatic N) is 3. The lowest BCUT2D eigenvalue weighted by Gasteiger charge is -2.44. The molecule has 2 aromatic heterocycles. The Morgan fingerprint density at radius 3 is 2.81 bits per heavy atom. The lowest BCUT2D eigenvalue weighted by molar-refractivity contribution is -0.0504. The fourth-order valence-electron chi connectivity index (χ4n) is 4.02. The molecule has 1 fully saturated rings. The SMILES string of the molecule is CCn1cc2c(n1)C(O)CC1(CCN(C(=O)c3ccc(=O)[nH]c3C)CC1)O2. The van der Waals surface area contributed by atoms with Crippen molar-refractivity contribution in [3.63, 3.8) is 0 Å². The number of H-pyrrole nitrogens is 1. The van der Waals surface area contributed by atoms with Crippen molar-refractivity contribution in [2.75, 3.05) is 13.1 Å². The molecular weight excluding hydrogens is 348 g/mol. The zero-order chi connectivity index (χ0) is 19.2. The zero-order valence-electron chi connectivity index (χ0n) is 15.6. The van der Waals surface area contributed by atoms with Crippen LogP contribution in [0, 0.1) is 6.92 Å². The highest BCUT2D eigenvalue weighted by molar-refractivity contribution is 5.95. The minimum atomic E-state index is -0.648. The van der Waals surface area contributed by atoms with Gasteiger partial charge in [0.25, 0.3) is 5.91 Å². The van der Waals surface area contributed by atoms with E-state index in [0.717, 1.165) is 6.54 Å². The summed E-state index contributed by atoms with van der Waals surface area (Å²) >= 11 is 0. The summed E-state index contributed by atoms with van der Waals surface area (Å²) in [5, 5.41) is 14.9. The molecule has 1 unspecified atom stereocenters. The van der Waals surface area contributed by atoms with Gasteiger partial charge in [0.15, 0.2) is 5.75 Å². The molecule has 0 bridgehead atoms. The van der Waals surface area contributed by atoms with Crippen LogP contribution in [0.4, 0.5) is 0 Å². The first kappa shape index (κ1) is 17.8. The van der Waals surface area contributed by atoms with Gasteiger partial charge in [-0.1, -0.05) is 0 Å². The summed E-state index contributed by atoms with van der Waals surface area (Å²) in [7, 11) is 0. The van der Waals surface area contributed by atoms with Crippen LogP contribution in [0.5, 0.6) is 5.75 Å². The monoisotopic (exact) mass is 372 g/mol. The number of aliphatic hydroxyl groups is 1. The number of hydrogen-bond acceptors (Lipinski definition) is 5. The van der Waals surface area contributed by atoms with Crippen LogP contribution in [0.1, 0.15) is 54.0 Å². The highest BCUT2D eigenvalue weighted by Gasteiger charge is 2.45. The highest BCUT2D eigenvalue weighted by atomic mass is 16.5. The van der Waals surface area contributed by atoms with Gasteiger partial charge in [-0.25, -0.2) is 0 Å². The number of hydrogen-bond donors (Lipinski definition) is 2. The number of fused-ring (bicyclic) bond motifs is 1. The summed E-state index contributed by atoms with van der Waals surface area (Å²) in [5.74, 6) is 0.557. The maximum Gasteiger partial charge on any atom is 0.255 e. The van der Waals surface area contributed by atoms with Crippen LogP contribution in [-0.4, -0.2) is 49.4 Å². The van der Waals surface area contributed by atoms with Gasteiger partial charge in [0, 0.05) is 50.7 Å². The number of likely N-dealkylation sites (tertiary alicyclic amines) is 1.